The maximum absolute atomic E-state index is 10.8. The predicted molar refractivity (Wildman–Crippen MR) is 83.8 cm³/mol. The molecule has 0 aliphatic rings. The second-order valence-corrected chi connectivity index (χ2v) is 5.75. The van der Waals surface area contributed by atoms with Gasteiger partial charge in [-0.05, 0) is 23.8 Å². The van der Waals surface area contributed by atoms with Gasteiger partial charge in [-0.1, -0.05) is 35.5 Å². The minimum absolute atomic E-state index is 0.0413. The van der Waals surface area contributed by atoms with E-state index in [1.807, 2.05) is 24.3 Å². The third-order valence-electron chi connectivity index (χ3n) is 2.97. The van der Waals surface area contributed by atoms with E-state index >= 15 is 0 Å². The monoisotopic (exact) mass is 319 g/mol. The molecule has 0 aliphatic heterocycles. The average Bonchev–Trinajstić information content (AvgIpc) is 2.89. The number of nitrogens with zero attached hydrogens (tertiary/aromatic N) is 2. The molecule has 7 heteroatoms. The van der Waals surface area contributed by atoms with Crippen molar-refractivity contribution in [2.45, 2.75) is 10.9 Å². The molecule has 3 rings (SSSR count). The van der Waals surface area contributed by atoms with Gasteiger partial charge in [-0.25, -0.2) is 4.98 Å². The van der Waals surface area contributed by atoms with Gasteiger partial charge in [0.2, 0.25) is 0 Å². The first-order valence-corrected chi connectivity index (χ1v) is 7.50. The van der Waals surface area contributed by atoms with Crippen molar-refractivity contribution in [3.63, 3.8) is 0 Å². The van der Waals surface area contributed by atoms with Gasteiger partial charge in [-0.15, -0.1) is 0 Å². The van der Waals surface area contributed by atoms with Crippen LogP contribution in [-0.4, -0.2) is 14.9 Å². The van der Waals surface area contributed by atoms with Crippen molar-refractivity contribution in [3.8, 4) is 0 Å². The van der Waals surface area contributed by atoms with Crippen LogP contribution in [0.25, 0.3) is 11.0 Å². The number of nitro groups is 1. The van der Waals surface area contributed by atoms with Crippen LogP contribution in [0.15, 0.2) is 47.6 Å². The summed E-state index contributed by atoms with van der Waals surface area (Å²) < 4.78 is 0. The van der Waals surface area contributed by atoms with Crippen LogP contribution in [0.5, 0.6) is 0 Å². The standard InChI is InChI=1S/C14H10ClN3O2S/c15-11-6-5-10(18(19)20)7-9(11)8-21-14-16-12-3-1-2-4-13(12)17-14/h1-7H,8H2,(H,16,17). The van der Waals surface area contributed by atoms with E-state index in [1.165, 1.54) is 23.9 Å². The SMILES string of the molecule is O=[N+]([O-])c1ccc(Cl)c(CSc2nc3ccccc3[nH]2)c1. The normalized spacial score (nSPS) is 10.9. The summed E-state index contributed by atoms with van der Waals surface area (Å²) in [5, 5.41) is 12.1. The molecule has 0 unspecified atom stereocenters. The molecule has 0 fully saturated rings. The first-order valence-electron chi connectivity index (χ1n) is 6.14. The summed E-state index contributed by atoms with van der Waals surface area (Å²) in [6.45, 7) is 0. The van der Waals surface area contributed by atoms with Crippen LogP contribution in [0.4, 0.5) is 5.69 Å². The molecule has 0 amide bonds. The highest BCUT2D eigenvalue weighted by Gasteiger charge is 2.11. The third-order valence-corrected chi connectivity index (χ3v) is 4.26. The Morgan fingerprint density at radius 3 is 2.86 bits per heavy atom. The van der Waals surface area contributed by atoms with Crippen LogP contribution < -0.4 is 0 Å². The lowest BCUT2D eigenvalue weighted by Crippen LogP contribution is -1.91. The van der Waals surface area contributed by atoms with E-state index in [9.17, 15) is 10.1 Å². The maximum atomic E-state index is 10.8. The molecule has 0 bridgehead atoms. The number of halogens is 1. The number of para-hydroxylation sites is 2. The molecule has 3 aromatic rings. The highest BCUT2D eigenvalue weighted by atomic mass is 35.5. The van der Waals surface area contributed by atoms with Gasteiger partial charge >= 0.3 is 0 Å². The Labute approximate surface area is 129 Å². The molecule has 5 nitrogen and oxygen atoms in total. The minimum atomic E-state index is -0.425. The smallest absolute Gasteiger partial charge is 0.269 e. The molecular weight excluding hydrogens is 310 g/mol. The van der Waals surface area contributed by atoms with Crippen molar-refractivity contribution in [3.05, 3.63) is 63.2 Å². The predicted octanol–water partition coefficient (Wildman–Crippen LogP) is 4.42. The van der Waals surface area contributed by atoms with Gasteiger partial charge in [0.1, 0.15) is 0 Å². The fourth-order valence-electron chi connectivity index (χ4n) is 1.93. The number of aromatic amines is 1. The van der Waals surface area contributed by atoms with E-state index in [0.29, 0.717) is 10.8 Å². The lowest BCUT2D eigenvalue weighted by Gasteiger charge is -2.02. The fourth-order valence-corrected chi connectivity index (χ4v) is 3.07. The number of aromatic nitrogens is 2. The van der Waals surface area contributed by atoms with Gasteiger partial charge in [0, 0.05) is 22.9 Å². The topological polar surface area (TPSA) is 71.8 Å². The molecule has 1 N–H and O–H groups in total. The van der Waals surface area contributed by atoms with Gasteiger partial charge in [-0.3, -0.25) is 10.1 Å². The maximum Gasteiger partial charge on any atom is 0.269 e. The Morgan fingerprint density at radius 2 is 2.10 bits per heavy atom. The molecule has 2 aromatic carbocycles. The van der Waals surface area contributed by atoms with Crippen LogP contribution in [0, 0.1) is 10.1 Å². The molecule has 0 atom stereocenters. The molecule has 0 spiro atoms. The number of hydrogen-bond acceptors (Lipinski definition) is 4. The second kappa shape index (κ2) is 5.75. The van der Waals surface area contributed by atoms with E-state index in [1.54, 1.807) is 6.07 Å². The van der Waals surface area contributed by atoms with Gasteiger partial charge in [0.15, 0.2) is 5.16 Å². The first kappa shape index (κ1) is 13.9. The minimum Gasteiger partial charge on any atom is -0.333 e. The largest absolute Gasteiger partial charge is 0.333 e. The summed E-state index contributed by atoms with van der Waals surface area (Å²) in [6.07, 6.45) is 0. The molecule has 0 aliphatic carbocycles. The van der Waals surface area contributed by atoms with Crippen molar-refractivity contribution in [1.29, 1.82) is 0 Å². The summed E-state index contributed by atoms with van der Waals surface area (Å²) in [5.74, 6) is 0.514. The van der Waals surface area contributed by atoms with E-state index < -0.39 is 4.92 Å². The quantitative estimate of drug-likeness (QED) is 0.439. The first-order chi connectivity index (χ1) is 10.1. The number of hydrogen-bond donors (Lipinski definition) is 1. The highest BCUT2D eigenvalue weighted by Crippen LogP contribution is 2.29. The molecule has 1 aromatic heterocycles. The number of rotatable bonds is 4. The fraction of sp³-hybridized carbons (Fsp3) is 0.0714. The van der Waals surface area contributed by atoms with E-state index in [2.05, 4.69) is 9.97 Å². The van der Waals surface area contributed by atoms with E-state index in [-0.39, 0.29) is 5.69 Å². The molecule has 21 heavy (non-hydrogen) atoms. The van der Waals surface area contributed by atoms with Gasteiger partial charge in [0.05, 0.1) is 16.0 Å². The number of non-ortho nitro benzene ring substituents is 1. The van der Waals surface area contributed by atoms with Crippen molar-refractivity contribution in [2.75, 3.05) is 0 Å². The van der Waals surface area contributed by atoms with E-state index in [0.717, 1.165) is 21.8 Å². The van der Waals surface area contributed by atoms with Crippen molar-refractivity contribution < 1.29 is 4.92 Å². The van der Waals surface area contributed by atoms with Crippen LogP contribution in [-0.2, 0) is 5.75 Å². The van der Waals surface area contributed by atoms with Crippen molar-refractivity contribution in [1.82, 2.24) is 9.97 Å². The Balaban J connectivity index is 1.80. The molecule has 106 valence electrons. The zero-order valence-electron chi connectivity index (χ0n) is 10.7. The van der Waals surface area contributed by atoms with Crippen molar-refractivity contribution >= 4 is 40.1 Å². The number of nitrogens with one attached hydrogen (secondary N) is 1. The highest BCUT2D eigenvalue weighted by molar-refractivity contribution is 7.98. The molecule has 0 saturated carbocycles. The lowest BCUT2D eigenvalue weighted by molar-refractivity contribution is -0.384. The molecule has 0 radical (unpaired) electrons. The summed E-state index contributed by atoms with van der Waals surface area (Å²) in [5.41, 5.74) is 2.62. The van der Waals surface area contributed by atoms with Crippen molar-refractivity contribution in [2.24, 2.45) is 0 Å². The average molecular weight is 320 g/mol. The molecule has 1 heterocycles. The summed E-state index contributed by atoms with van der Waals surface area (Å²) in [7, 11) is 0. The van der Waals surface area contributed by atoms with Crippen LogP contribution >= 0.6 is 23.4 Å². The Morgan fingerprint density at radius 1 is 1.29 bits per heavy atom. The third kappa shape index (κ3) is 3.01. The van der Waals surface area contributed by atoms with Crippen LogP contribution in [0.2, 0.25) is 5.02 Å². The zero-order chi connectivity index (χ0) is 14.8. The van der Waals surface area contributed by atoms with E-state index in [4.69, 9.17) is 11.6 Å². The molecule has 0 saturated heterocycles. The summed E-state index contributed by atoms with van der Waals surface area (Å²) in [6, 6.07) is 12.2. The Hall–Kier alpha value is -2.05. The summed E-state index contributed by atoms with van der Waals surface area (Å²) in [4.78, 5) is 18.0. The van der Waals surface area contributed by atoms with Gasteiger partial charge < -0.3 is 4.98 Å². The number of nitro benzene ring substituents is 1. The number of thioether (sulfide) groups is 1. The van der Waals surface area contributed by atoms with Crippen LogP contribution in [0.3, 0.4) is 0 Å². The Bertz CT molecular complexity index is 786. The number of fused-ring (bicyclic) bond motifs is 1. The summed E-state index contributed by atoms with van der Waals surface area (Å²) >= 11 is 7.54. The Kier molecular flexibility index (Phi) is 3.81. The van der Waals surface area contributed by atoms with Crippen LogP contribution in [0.1, 0.15) is 5.56 Å². The number of imidazole rings is 1. The molecular formula is C14H10ClN3O2S. The number of H-pyrrole nitrogens is 1. The number of benzene rings is 2. The van der Waals surface area contributed by atoms with Gasteiger partial charge in [0.25, 0.3) is 5.69 Å². The second-order valence-electron chi connectivity index (χ2n) is 4.38. The van der Waals surface area contributed by atoms with Gasteiger partial charge in [-0.2, -0.15) is 0 Å². The zero-order valence-corrected chi connectivity index (χ0v) is 12.3. The lowest BCUT2D eigenvalue weighted by atomic mass is 10.2.